The topological polar surface area (TPSA) is 131 Å². The highest BCUT2D eigenvalue weighted by atomic mass is 32.2. The van der Waals surface area contributed by atoms with E-state index < -0.39 is 15.5 Å². The molecule has 536 valence electrons. The van der Waals surface area contributed by atoms with Crippen LogP contribution in [0.4, 0.5) is 0 Å². The van der Waals surface area contributed by atoms with E-state index in [-0.39, 0.29) is 88.3 Å². The molecule has 0 heterocycles. The van der Waals surface area contributed by atoms with Crippen molar-refractivity contribution in [3.05, 3.63) is 216 Å². The van der Waals surface area contributed by atoms with Crippen LogP contribution in [-0.4, -0.2) is 55.9 Å². The third-order valence-electron chi connectivity index (χ3n) is 16.0. The highest BCUT2D eigenvalue weighted by Crippen LogP contribution is 2.34. The molecule has 8 rings (SSSR count). The van der Waals surface area contributed by atoms with Gasteiger partial charge in [-0.2, -0.15) is 0 Å². The highest BCUT2D eigenvalue weighted by Gasteiger charge is 2.29. The van der Waals surface area contributed by atoms with E-state index in [0.29, 0.717) is 49.7 Å². The van der Waals surface area contributed by atoms with Crippen LogP contribution in [-0.2, 0) is 41.7 Å². The van der Waals surface area contributed by atoms with Crippen molar-refractivity contribution in [2.24, 2.45) is 5.41 Å². The predicted octanol–water partition coefficient (Wildman–Crippen LogP) is 24.9. The van der Waals surface area contributed by atoms with Crippen molar-refractivity contribution in [1.29, 1.82) is 0 Å². The van der Waals surface area contributed by atoms with Gasteiger partial charge in [0.25, 0.3) is 0 Å². The second kappa shape index (κ2) is 53.7. The van der Waals surface area contributed by atoms with Gasteiger partial charge < -0.3 is 28.6 Å². The summed E-state index contributed by atoms with van der Waals surface area (Å²) >= 11 is 0. The lowest BCUT2D eigenvalue weighted by Gasteiger charge is -2.22. The van der Waals surface area contributed by atoms with E-state index in [1.54, 1.807) is 12.1 Å². The van der Waals surface area contributed by atoms with E-state index in [1.165, 1.54) is 81.0 Å². The van der Waals surface area contributed by atoms with Crippen LogP contribution in [0.1, 0.15) is 258 Å². The van der Waals surface area contributed by atoms with Crippen molar-refractivity contribution in [3.8, 4) is 17.2 Å². The molecule has 1 N–H and O–H groups in total. The SMILES string of the molecule is C.C.C.C.C.C.C.C.CCC(C)(C)C(=O)OCCc1ccc([S+](c2ccccc2)c2ccccc2)cc1.CCC(C)c1ccc(O)cc1.CCC(C)c1ccc(OC(C)OCCOc2ccc(C3CCCCC3)cc2)cc1.CCC(C)c1ccccc1.CCCCS(=O)(=O)[O-]. The molecule has 1 saturated carbocycles. The zero-order chi connectivity index (χ0) is 63.5. The van der Waals surface area contributed by atoms with Crippen LogP contribution in [0.25, 0.3) is 0 Å². The van der Waals surface area contributed by atoms with Gasteiger partial charge >= 0.3 is 5.97 Å². The summed E-state index contributed by atoms with van der Waals surface area (Å²) in [5.41, 5.74) is 6.31. The summed E-state index contributed by atoms with van der Waals surface area (Å²) in [6, 6.07) is 65.0. The first kappa shape index (κ1) is 97.3. The minimum atomic E-state index is -3.94. The Kier molecular flexibility index (Phi) is 55.0. The molecule has 4 atom stereocenters. The quantitative estimate of drug-likeness (QED) is 0.0195. The molecule has 7 aromatic carbocycles. The molecule has 9 nitrogen and oxygen atoms in total. The molecule has 0 aliphatic heterocycles. The molecule has 1 aliphatic carbocycles. The fraction of sp³-hybridized carbons (Fsp3) is 0.488. The van der Waals surface area contributed by atoms with E-state index in [4.69, 9.17) is 24.1 Å². The third-order valence-corrected chi connectivity index (χ3v) is 19.0. The van der Waals surface area contributed by atoms with Gasteiger partial charge in [0.15, 0.2) is 21.0 Å². The molecule has 1 aliphatic rings. The Morgan fingerprint density at radius 2 is 0.958 bits per heavy atom. The zero-order valence-corrected chi connectivity index (χ0v) is 55.8. The number of aromatic hydroxyl groups is 1. The molecule has 7 aromatic rings. The number of rotatable bonds is 25. The lowest BCUT2D eigenvalue weighted by atomic mass is 9.84. The number of hydrogen-bond donors (Lipinski definition) is 1. The lowest BCUT2D eigenvalue weighted by molar-refractivity contribution is -0.154. The van der Waals surface area contributed by atoms with Crippen LogP contribution < -0.4 is 9.47 Å². The number of hydrogen-bond acceptors (Lipinski definition) is 9. The first-order valence-electron chi connectivity index (χ1n) is 31.8. The molecule has 0 bridgehead atoms. The second-order valence-electron chi connectivity index (χ2n) is 23.1. The van der Waals surface area contributed by atoms with Gasteiger partial charge in [-0.05, 0) is 190 Å². The molecule has 0 amide bonds. The van der Waals surface area contributed by atoms with Crippen LogP contribution in [0.2, 0.25) is 0 Å². The van der Waals surface area contributed by atoms with Crippen molar-refractivity contribution in [2.45, 2.75) is 257 Å². The summed E-state index contributed by atoms with van der Waals surface area (Å²) in [6.07, 6.45) is 12.7. The van der Waals surface area contributed by atoms with Crippen molar-refractivity contribution in [2.75, 3.05) is 25.6 Å². The Bertz CT molecular complexity index is 2970. The summed E-state index contributed by atoms with van der Waals surface area (Å²) < 4.78 is 52.4. The first-order chi connectivity index (χ1) is 41.8. The molecule has 0 saturated heterocycles. The molecule has 1 fully saturated rings. The fourth-order valence-corrected chi connectivity index (χ4v) is 12.0. The Morgan fingerprint density at radius 1 is 0.537 bits per heavy atom. The van der Waals surface area contributed by atoms with Crippen LogP contribution in [0.15, 0.2) is 203 Å². The van der Waals surface area contributed by atoms with Crippen molar-refractivity contribution in [3.63, 3.8) is 0 Å². The normalized spacial score (nSPS) is 12.5. The van der Waals surface area contributed by atoms with Crippen molar-refractivity contribution in [1.82, 2.24) is 0 Å². The standard InChI is InChI=1S/C26H36O3.C26H29O2S.C10H14O.C10H14.C4H10O3S.8CH4/c1-4-20(2)22-10-16-26(17-11-22)29-21(3)27-18-19-28-25-14-12-24(13-15-25)23-8-6-5-7-9-23;1-4-26(2,3)25(27)28-20-19-21-15-17-24(18-16-21)29(22-11-7-5-8-12-22)23-13-9-6-10-14-23;1-3-8(2)9-4-6-10(11)7-5-9;1-3-9(2)10-7-5-4-6-8-10;1-2-3-4-8(5,6)7;;;;;;;;/h10-17,20-21,23H,4-9,18-19H2,1-3H3;5-18H,4,19-20H2,1-3H3;4-8,11H,3H2,1-2H3;4-9H,3H2,1-2H3;2-4H2,1H3,(H,5,6,7);8*1H4/q;+1;;;;;;;;;;;/p-1. The Hall–Kier alpha value is -6.37. The van der Waals surface area contributed by atoms with Crippen molar-refractivity contribution >= 4 is 27.0 Å². The zero-order valence-electron chi connectivity index (χ0n) is 54.1. The number of ether oxygens (including phenoxy) is 4. The largest absolute Gasteiger partial charge is 0.748 e. The predicted molar refractivity (Wildman–Crippen MR) is 414 cm³/mol. The maximum atomic E-state index is 12.1. The lowest BCUT2D eigenvalue weighted by Crippen LogP contribution is -2.26. The molecule has 4 unspecified atom stereocenters. The van der Waals surface area contributed by atoms with Gasteiger partial charge in [-0.25, -0.2) is 8.42 Å². The second-order valence-corrected chi connectivity index (χ2v) is 26.7. The van der Waals surface area contributed by atoms with Gasteiger partial charge in [0.05, 0.1) is 39.6 Å². The number of carbonyl (C=O) groups is 1. The van der Waals surface area contributed by atoms with Crippen LogP contribution in [0.5, 0.6) is 17.2 Å². The monoisotopic (exact) mass is 1350 g/mol. The fourth-order valence-electron chi connectivity index (χ4n) is 9.27. The summed E-state index contributed by atoms with van der Waals surface area (Å²) in [6.45, 7) is 24.3. The number of esters is 1. The Morgan fingerprint density at radius 3 is 1.38 bits per heavy atom. The number of phenolic OH excluding ortho intramolecular Hbond substituents is 1. The van der Waals surface area contributed by atoms with E-state index >= 15 is 0 Å². The Labute approximate surface area is 586 Å². The highest BCUT2D eigenvalue weighted by molar-refractivity contribution is 7.97. The third kappa shape index (κ3) is 37.7. The van der Waals surface area contributed by atoms with Crippen molar-refractivity contribution < 1.29 is 41.8 Å². The summed E-state index contributed by atoms with van der Waals surface area (Å²) in [7, 11) is -4.07. The maximum Gasteiger partial charge on any atom is 0.311 e. The molecule has 0 spiro atoms. The number of carbonyl (C=O) groups excluding carboxylic acids is 1. The van der Waals surface area contributed by atoms with E-state index in [9.17, 15) is 17.8 Å². The van der Waals surface area contributed by atoms with E-state index in [2.05, 4.69) is 193 Å². The summed E-state index contributed by atoms with van der Waals surface area (Å²) in [4.78, 5) is 16.0. The molecule has 0 radical (unpaired) electrons. The van der Waals surface area contributed by atoms with E-state index in [1.807, 2.05) is 58.9 Å². The summed E-state index contributed by atoms with van der Waals surface area (Å²) in [5, 5.41) is 9.01. The van der Waals surface area contributed by atoms with Gasteiger partial charge in [-0.3, -0.25) is 4.79 Å². The minimum Gasteiger partial charge on any atom is -0.748 e. The molecule has 11 heteroatoms. The molecule has 95 heavy (non-hydrogen) atoms. The smallest absolute Gasteiger partial charge is 0.311 e. The molecular weight excluding hydrogens is 1220 g/mol. The molecule has 0 aromatic heterocycles. The van der Waals surface area contributed by atoms with Gasteiger partial charge in [0, 0.05) is 12.2 Å². The van der Waals surface area contributed by atoms with Gasteiger partial charge in [-0.1, -0.05) is 256 Å². The minimum absolute atomic E-state index is 0. The number of phenols is 1. The van der Waals surface area contributed by atoms with Gasteiger partial charge in [-0.15, -0.1) is 0 Å². The van der Waals surface area contributed by atoms with Crippen LogP contribution in [0, 0.1) is 5.41 Å². The first-order valence-corrected chi connectivity index (χ1v) is 34.6. The van der Waals surface area contributed by atoms with Gasteiger partial charge in [0.1, 0.15) is 23.9 Å². The number of unbranched alkanes of at least 4 members (excludes halogenated alkanes) is 1. The van der Waals surface area contributed by atoms with Gasteiger partial charge in [0.2, 0.25) is 0 Å². The maximum absolute atomic E-state index is 12.1. The number of benzene rings is 7. The average molecular weight is 1350 g/mol. The Balaban J connectivity index is -0.000000381. The average Bonchev–Trinajstić information content (AvgIpc) is 0.828. The summed E-state index contributed by atoms with van der Waals surface area (Å²) in [5.74, 6) is 4.36. The molecular formula is C84H134O9S2. The van der Waals surface area contributed by atoms with E-state index in [0.717, 1.165) is 49.5 Å². The van der Waals surface area contributed by atoms with Crippen LogP contribution in [0.3, 0.4) is 0 Å². The van der Waals surface area contributed by atoms with Crippen LogP contribution >= 0.6 is 0 Å².